The van der Waals surface area contributed by atoms with Crippen molar-refractivity contribution in [3.8, 4) is 0 Å². The number of hydrogen-bond donors (Lipinski definition) is 0. The molecule has 4 aromatic rings. The molecule has 0 saturated carbocycles. The van der Waals surface area contributed by atoms with Crippen LogP contribution < -0.4 is 0 Å². The van der Waals surface area contributed by atoms with Crippen molar-refractivity contribution in [2.24, 2.45) is 0 Å². The van der Waals surface area contributed by atoms with Crippen LogP contribution in [-0.4, -0.2) is 38.5 Å². The highest BCUT2D eigenvalue weighted by atomic mass is 32.1. The summed E-state index contributed by atoms with van der Waals surface area (Å²) < 4.78 is 3.20. The summed E-state index contributed by atoms with van der Waals surface area (Å²) in [5.74, 6) is 1.30. The van der Waals surface area contributed by atoms with Crippen LogP contribution in [0, 0.1) is 0 Å². The zero-order valence-electron chi connectivity index (χ0n) is 14.2. The number of hydrogen-bond acceptors (Lipinski definition) is 4. The lowest BCUT2D eigenvalue weighted by molar-refractivity contribution is 0.0709. The molecule has 1 aliphatic heterocycles. The average Bonchev–Trinajstić information content (AvgIpc) is 3.31. The fraction of sp³-hybridized carbons (Fsp3) is 0.250. The van der Waals surface area contributed by atoms with Crippen LogP contribution in [0.5, 0.6) is 0 Å². The molecule has 1 atom stereocenters. The second kappa shape index (κ2) is 6.21. The predicted octanol–water partition coefficient (Wildman–Crippen LogP) is 3.96. The van der Waals surface area contributed by atoms with Crippen LogP contribution in [0.3, 0.4) is 0 Å². The summed E-state index contributed by atoms with van der Waals surface area (Å²) in [6.45, 7) is 1.50. The van der Waals surface area contributed by atoms with Crippen LogP contribution in [0.4, 0.5) is 0 Å². The summed E-state index contributed by atoms with van der Waals surface area (Å²) in [4.78, 5) is 15.8. The first-order valence-corrected chi connectivity index (χ1v) is 9.69. The highest BCUT2D eigenvalue weighted by Gasteiger charge is 2.29. The van der Waals surface area contributed by atoms with Crippen LogP contribution in [0.2, 0.25) is 0 Å². The maximum atomic E-state index is 13.0. The van der Waals surface area contributed by atoms with Gasteiger partial charge < -0.3 is 4.90 Å². The molecule has 3 aromatic heterocycles. The first-order valence-electron chi connectivity index (χ1n) is 8.87. The third kappa shape index (κ3) is 2.57. The van der Waals surface area contributed by atoms with Crippen molar-refractivity contribution in [3.63, 3.8) is 0 Å². The Morgan fingerprint density at radius 3 is 2.92 bits per heavy atom. The van der Waals surface area contributed by atoms with Crippen molar-refractivity contribution in [2.45, 2.75) is 18.8 Å². The second-order valence-corrected chi connectivity index (χ2v) is 7.81. The number of carbonyl (C=O) groups is 1. The van der Waals surface area contributed by atoms with E-state index in [-0.39, 0.29) is 11.8 Å². The summed E-state index contributed by atoms with van der Waals surface area (Å²) >= 11 is 1.58. The minimum Gasteiger partial charge on any atom is -0.337 e. The number of fused-ring (bicyclic) bond motifs is 2. The van der Waals surface area contributed by atoms with E-state index in [1.807, 2.05) is 51.9 Å². The highest BCUT2D eigenvalue weighted by molar-refractivity contribution is 7.20. The van der Waals surface area contributed by atoms with E-state index < -0.39 is 0 Å². The normalized spacial score (nSPS) is 17.8. The molecule has 0 aliphatic carbocycles. The van der Waals surface area contributed by atoms with Crippen LogP contribution in [0.15, 0.2) is 54.7 Å². The molecule has 26 heavy (non-hydrogen) atoms. The number of aromatic nitrogens is 3. The molecule has 130 valence electrons. The Morgan fingerprint density at radius 1 is 1.12 bits per heavy atom. The lowest BCUT2D eigenvalue weighted by Crippen LogP contribution is -2.39. The third-order valence-corrected chi connectivity index (χ3v) is 6.15. The number of thiophene rings is 1. The first-order chi connectivity index (χ1) is 12.8. The van der Waals surface area contributed by atoms with Crippen LogP contribution in [0.1, 0.15) is 34.3 Å². The largest absolute Gasteiger partial charge is 0.337 e. The fourth-order valence-electron chi connectivity index (χ4n) is 3.75. The van der Waals surface area contributed by atoms with Gasteiger partial charge in [-0.1, -0.05) is 24.3 Å². The molecule has 4 heterocycles. The van der Waals surface area contributed by atoms with Crippen molar-refractivity contribution in [3.05, 3.63) is 65.4 Å². The second-order valence-electron chi connectivity index (χ2n) is 6.73. The van der Waals surface area contributed by atoms with E-state index in [1.165, 1.54) is 0 Å². The monoisotopic (exact) mass is 362 g/mol. The smallest absolute Gasteiger partial charge is 0.263 e. The molecule has 5 rings (SSSR count). The van der Waals surface area contributed by atoms with Gasteiger partial charge in [0.25, 0.3) is 5.91 Å². The van der Waals surface area contributed by atoms with E-state index in [0.29, 0.717) is 6.54 Å². The number of piperidine rings is 1. The van der Waals surface area contributed by atoms with Gasteiger partial charge in [0, 0.05) is 29.9 Å². The van der Waals surface area contributed by atoms with Gasteiger partial charge in [0.05, 0.1) is 4.88 Å². The van der Waals surface area contributed by atoms with E-state index in [0.717, 1.165) is 45.8 Å². The molecule has 1 fully saturated rings. The Morgan fingerprint density at radius 2 is 2.00 bits per heavy atom. The maximum absolute atomic E-state index is 13.0. The molecule has 0 spiro atoms. The molecule has 0 radical (unpaired) electrons. The van der Waals surface area contributed by atoms with Gasteiger partial charge in [-0.2, -0.15) is 0 Å². The topological polar surface area (TPSA) is 50.5 Å². The van der Waals surface area contributed by atoms with Crippen molar-refractivity contribution in [1.29, 1.82) is 0 Å². The maximum Gasteiger partial charge on any atom is 0.263 e. The molecule has 5 nitrogen and oxygen atoms in total. The van der Waals surface area contributed by atoms with E-state index in [9.17, 15) is 4.79 Å². The lowest BCUT2D eigenvalue weighted by Gasteiger charge is -2.31. The van der Waals surface area contributed by atoms with Gasteiger partial charge in [-0.15, -0.1) is 21.5 Å². The minimum atomic E-state index is 0.129. The van der Waals surface area contributed by atoms with Gasteiger partial charge in [0.2, 0.25) is 0 Å². The zero-order valence-corrected chi connectivity index (χ0v) is 15.0. The standard InChI is InChI=1S/C20H18N4OS/c25-20(17-12-14-6-1-2-8-16(14)26-17)23-10-5-7-15(13-23)19-22-21-18-9-3-4-11-24(18)19/h1-4,6,8-9,11-12,15H,5,7,10,13H2. The Bertz CT molecular complexity index is 1070. The quantitative estimate of drug-likeness (QED) is 0.542. The van der Waals surface area contributed by atoms with Crippen molar-refractivity contribution in [1.82, 2.24) is 19.5 Å². The van der Waals surface area contributed by atoms with Gasteiger partial charge in [-0.05, 0) is 42.5 Å². The van der Waals surface area contributed by atoms with Gasteiger partial charge in [0.1, 0.15) is 5.82 Å². The van der Waals surface area contributed by atoms with E-state index in [4.69, 9.17) is 0 Å². The van der Waals surface area contributed by atoms with Gasteiger partial charge >= 0.3 is 0 Å². The number of amides is 1. The molecule has 1 unspecified atom stereocenters. The molecule has 0 bridgehead atoms. The highest BCUT2D eigenvalue weighted by Crippen LogP contribution is 2.30. The Hall–Kier alpha value is -2.73. The summed E-state index contributed by atoms with van der Waals surface area (Å²) in [6.07, 6.45) is 4.02. The van der Waals surface area contributed by atoms with Gasteiger partial charge in [-0.3, -0.25) is 9.20 Å². The molecular formula is C20H18N4OS. The van der Waals surface area contributed by atoms with Crippen LogP contribution in [-0.2, 0) is 0 Å². The van der Waals surface area contributed by atoms with Crippen LogP contribution in [0.25, 0.3) is 15.7 Å². The molecular weight excluding hydrogens is 344 g/mol. The molecule has 0 N–H and O–H groups in total. The van der Waals surface area contributed by atoms with E-state index in [2.05, 4.69) is 22.3 Å². The molecule has 6 heteroatoms. The van der Waals surface area contributed by atoms with E-state index >= 15 is 0 Å². The summed E-state index contributed by atoms with van der Waals surface area (Å²) in [5.41, 5.74) is 0.857. The summed E-state index contributed by atoms with van der Waals surface area (Å²) in [7, 11) is 0. The van der Waals surface area contributed by atoms with Gasteiger partial charge in [-0.25, -0.2) is 0 Å². The minimum absolute atomic E-state index is 0.129. The zero-order chi connectivity index (χ0) is 17.5. The Labute approximate surface area is 154 Å². The number of pyridine rings is 1. The number of likely N-dealkylation sites (tertiary alicyclic amines) is 1. The lowest BCUT2D eigenvalue weighted by atomic mass is 9.97. The van der Waals surface area contributed by atoms with Crippen LogP contribution >= 0.6 is 11.3 Å². The van der Waals surface area contributed by atoms with Crippen molar-refractivity contribution in [2.75, 3.05) is 13.1 Å². The number of rotatable bonds is 2. The average molecular weight is 362 g/mol. The van der Waals surface area contributed by atoms with Gasteiger partial charge in [0.15, 0.2) is 5.65 Å². The molecule has 1 amide bonds. The number of carbonyl (C=O) groups excluding carboxylic acids is 1. The summed E-state index contributed by atoms with van der Waals surface area (Å²) in [6, 6.07) is 16.1. The molecule has 1 aromatic carbocycles. The summed E-state index contributed by atoms with van der Waals surface area (Å²) in [5, 5.41) is 9.80. The molecule has 1 saturated heterocycles. The Balaban J connectivity index is 1.42. The number of benzene rings is 1. The van der Waals surface area contributed by atoms with Crippen molar-refractivity contribution < 1.29 is 4.79 Å². The van der Waals surface area contributed by atoms with Crippen molar-refractivity contribution >= 4 is 33.0 Å². The number of nitrogens with zero attached hydrogens (tertiary/aromatic N) is 4. The third-order valence-electron chi connectivity index (χ3n) is 5.05. The first kappa shape index (κ1) is 15.5. The van der Waals surface area contributed by atoms with E-state index in [1.54, 1.807) is 11.3 Å². The predicted molar refractivity (Wildman–Crippen MR) is 103 cm³/mol. The SMILES string of the molecule is O=C(c1cc2ccccc2s1)N1CCCC(c2nnc3ccccn23)C1. The molecule has 1 aliphatic rings. The fourth-order valence-corrected chi connectivity index (χ4v) is 4.78. The Kier molecular flexibility index (Phi) is 3.71.